The largest absolute Gasteiger partial charge is 0.341 e. The van der Waals surface area contributed by atoms with Crippen LogP contribution in [0.1, 0.15) is 46.5 Å². The highest BCUT2D eigenvalue weighted by Crippen LogP contribution is 2.31. The van der Waals surface area contributed by atoms with Crippen molar-refractivity contribution in [2.45, 2.75) is 58.0 Å². The van der Waals surface area contributed by atoms with E-state index >= 15 is 0 Å². The number of rotatable bonds is 2. The lowest BCUT2D eigenvalue weighted by Crippen LogP contribution is -2.66. The van der Waals surface area contributed by atoms with Crippen molar-refractivity contribution in [3.8, 4) is 0 Å². The van der Waals surface area contributed by atoms with Gasteiger partial charge < -0.3 is 10.2 Å². The van der Waals surface area contributed by atoms with E-state index in [0.29, 0.717) is 5.92 Å². The SMILES string of the molecule is CC(C1CCCC1)N1CC(=O)NC(C)(C)C1=O. The molecule has 1 unspecified atom stereocenters. The van der Waals surface area contributed by atoms with Crippen molar-refractivity contribution < 1.29 is 9.59 Å². The normalized spacial score (nSPS) is 27.1. The van der Waals surface area contributed by atoms with Crippen molar-refractivity contribution in [3.05, 3.63) is 0 Å². The van der Waals surface area contributed by atoms with Crippen LogP contribution in [0, 0.1) is 5.92 Å². The Morgan fingerprint density at radius 2 is 1.88 bits per heavy atom. The number of hydrogen-bond acceptors (Lipinski definition) is 2. The highest BCUT2D eigenvalue weighted by atomic mass is 16.2. The average molecular weight is 238 g/mol. The fourth-order valence-electron chi connectivity index (χ4n) is 3.05. The van der Waals surface area contributed by atoms with Crippen molar-refractivity contribution in [1.29, 1.82) is 0 Å². The van der Waals surface area contributed by atoms with Crippen LogP contribution < -0.4 is 5.32 Å². The third kappa shape index (κ3) is 2.31. The van der Waals surface area contributed by atoms with Crippen LogP contribution in [0.15, 0.2) is 0 Å². The molecular weight excluding hydrogens is 216 g/mol. The zero-order valence-electron chi connectivity index (χ0n) is 11.0. The molecule has 1 heterocycles. The fraction of sp³-hybridized carbons (Fsp3) is 0.846. The molecule has 2 amide bonds. The number of amides is 2. The van der Waals surface area contributed by atoms with Gasteiger partial charge in [0.2, 0.25) is 11.8 Å². The monoisotopic (exact) mass is 238 g/mol. The van der Waals surface area contributed by atoms with Crippen LogP contribution in [0.3, 0.4) is 0 Å². The van der Waals surface area contributed by atoms with E-state index < -0.39 is 5.54 Å². The molecule has 0 aromatic carbocycles. The van der Waals surface area contributed by atoms with Crippen LogP contribution in [0.4, 0.5) is 0 Å². The van der Waals surface area contributed by atoms with Crippen LogP contribution in [-0.4, -0.2) is 34.8 Å². The number of nitrogens with zero attached hydrogens (tertiary/aromatic N) is 1. The minimum absolute atomic E-state index is 0.0422. The molecule has 4 heteroatoms. The Bertz CT molecular complexity index is 332. The van der Waals surface area contributed by atoms with Gasteiger partial charge in [0, 0.05) is 6.04 Å². The molecule has 1 atom stereocenters. The molecule has 2 aliphatic rings. The molecule has 4 nitrogen and oxygen atoms in total. The van der Waals surface area contributed by atoms with Gasteiger partial charge in [0.25, 0.3) is 0 Å². The number of carbonyl (C=O) groups excluding carboxylic acids is 2. The lowest BCUT2D eigenvalue weighted by atomic mass is 9.93. The Balaban J connectivity index is 2.13. The summed E-state index contributed by atoms with van der Waals surface area (Å²) in [5.74, 6) is 0.580. The minimum atomic E-state index is -0.748. The quantitative estimate of drug-likeness (QED) is 0.788. The second kappa shape index (κ2) is 4.31. The molecule has 1 aliphatic heterocycles. The maximum absolute atomic E-state index is 12.3. The lowest BCUT2D eigenvalue weighted by Gasteiger charge is -2.42. The van der Waals surface area contributed by atoms with Crippen molar-refractivity contribution in [2.75, 3.05) is 6.54 Å². The molecule has 0 spiro atoms. The van der Waals surface area contributed by atoms with Gasteiger partial charge in [0.15, 0.2) is 0 Å². The lowest BCUT2D eigenvalue weighted by molar-refractivity contribution is -0.151. The van der Waals surface area contributed by atoms with Crippen molar-refractivity contribution in [3.63, 3.8) is 0 Å². The van der Waals surface area contributed by atoms with Crippen LogP contribution in [0.2, 0.25) is 0 Å². The van der Waals surface area contributed by atoms with Gasteiger partial charge in [-0.2, -0.15) is 0 Å². The van der Waals surface area contributed by atoms with Gasteiger partial charge in [-0.1, -0.05) is 12.8 Å². The molecule has 1 N–H and O–H groups in total. The first-order chi connectivity index (χ1) is 7.92. The molecule has 0 aromatic rings. The van der Waals surface area contributed by atoms with E-state index in [2.05, 4.69) is 12.2 Å². The molecule has 17 heavy (non-hydrogen) atoms. The summed E-state index contributed by atoms with van der Waals surface area (Å²) in [4.78, 5) is 25.7. The third-order valence-corrected chi connectivity index (χ3v) is 4.14. The van der Waals surface area contributed by atoms with Crippen LogP contribution >= 0.6 is 0 Å². The second-order valence-electron chi connectivity index (χ2n) is 5.89. The molecular formula is C13H22N2O2. The fourth-order valence-corrected chi connectivity index (χ4v) is 3.05. The molecule has 96 valence electrons. The summed E-state index contributed by atoms with van der Waals surface area (Å²) in [6.45, 7) is 5.87. The smallest absolute Gasteiger partial charge is 0.248 e. The highest BCUT2D eigenvalue weighted by molar-refractivity contribution is 5.97. The molecule has 0 aromatic heterocycles. The molecule has 0 bridgehead atoms. The van der Waals surface area contributed by atoms with E-state index in [9.17, 15) is 9.59 Å². The van der Waals surface area contributed by atoms with Crippen molar-refractivity contribution >= 4 is 11.8 Å². The standard InChI is InChI=1S/C13H22N2O2/c1-9(10-6-4-5-7-10)15-8-11(16)14-13(2,3)12(15)17/h9-10H,4-8H2,1-3H3,(H,14,16). The second-order valence-corrected chi connectivity index (χ2v) is 5.89. The van der Waals surface area contributed by atoms with E-state index in [4.69, 9.17) is 0 Å². The van der Waals surface area contributed by atoms with Gasteiger partial charge in [-0.3, -0.25) is 9.59 Å². The maximum Gasteiger partial charge on any atom is 0.248 e. The number of piperazine rings is 1. The summed E-state index contributed by atoms with van der Waals surface area (Å²) in [7, 11) is 0. The summed E-state index contributed by atoms with van der Waals surface area (Å²) in [5, 5.41) is 2.75. The van der Waals surface area contributed by atoms with Gasteiger partial charge in [-0.15, -0.1) is 0 Å². The van der Waals surface area contributed by atoms with Gasteiger partial charge >= 0.3 is 0 Å². The molecule has 2 rings (SSSR count). The Morgan fingerprint density at radius 3 is 2.47 bits per heavy atom. The topological polar surface area (TPSA) is 49.4 Å². The van der Waals surface area contributed by atoms with Crippen molar-refractivity contribution in [2.24, 2.45) is 5.92 Å². The molecule has 0 radical (unpaired) electrons. The Kier molecular flexibility index (Phi) is 3.15. The predicted molar refractivity (Wildman–Crippen MR) is 65.4 cm³/mol. The zero-order chi connectivity index (χ0) is 12.6. The van der Waals surface area contributed by atoms with E-state index in [1.165, 1.54) is 25.7 Å². The Morgan fingerprint density at radius 1 is 1.29 bits per heavy atom. The van der Waals surface area contributed by atoms with E-state index in [1.54, 1.807) is 18.7 Å². The number of carbonyl (C=O) groups is 2. The number of hydrogen-bond donors (Lipinski definition) is 1. The first kappa shape index (κ1) is 12.4. The van der Waals surface area contributed by atoms with Gasteiger partial charge in [0.05, 0.1) is 6.54 Å². The molecule has 1 saturated heterocycles. The average Bonchev–Trinajstić information content (AvgIpc) is 2.75. The van der Waals surface area contributed by atoms with E-state index in [-0.39, 0.29) is 24.4 Å². The maximum atomic E-state index is 12.3. The van der Waals surface area contributed by atoms with E-state index in [1.807, 2.05) is 0 Å². The van der Waals surface area contributed by atoms with Crippen LogP contribution in [0.25, 0.3) is 0 Å². The summed E-state index contributed by atoms with van der Waals surface area (Å²) >= 11 is 0. The molecule has 1 aliphatic carbocycles. The zero-order valence-corrected chi connectivity index (χ0v) is 11.0. The summed E-state index contributed by atoms with van der Waals surface area (Å²) < 4.78 is 0. The first-order valence-electron chi connectivity index (χ1n) is 6.54. The van der Waals surface area contributed by atoms with Gasteiger partial charge in [-0.25, -0.2) is 0 Å². The van der Waals surface area contributed by atoms with Crippen molar-refractivity contribution in [1.82, 2.24) is 10.2 Å². The van der Waals surface area contributed by atoms with E-state index in [0.717, 1.165) is 0 Å². The highest BCUT2D eigenvalue weighted by Gasteiger charge is 2.42. The predicted octanol–water partition coefficient (Wildman–Crippen LogP) is 1.30. The summed E-state index contributed by atoms with van der Waals surface area (Å²) in [6, 6.07) is 0.190. The summed E-state index contributed by atoms with van der Waals surface area (Å²) in [6.07, 6.45) is 4.89. The first-order valence-corrected chi connectivity index (χ1v) is 6.54. The summed E-state index contributed by atoms with van der Waals surface area (Å²) in [5.41, 5.74) is -0.748. The third-order valence-electron chi connectivity index (χ3n) is 4.14. The minimum Gasteiger partial charge on any atom is -0.341 e. The Labute approximate surface area is 103 Å². The molecule has 1 saturated carbocycles. The van der Waals surface area contributed by atoms with Gasteiger partial charge in [-0.05, 0) is 39.5 Å². The van der Waals surface area contributed by atoms with Crippen LogP contribution in [-0.2, 0) is 9.59 Å². The molecule has 2 fully saturated rings. The Hall–Kier alpha value is -1.06. The number of nitrogens with one attached hydrogen (secondary N) is 1. The van der Waals surface area contributed by atoms with Gasteiger partial charge in [0.1, 0.15) is 5.54 Å². The van der Waals surface area contributed by atoms with Crippen LogP contribution in [0.5, 0.6) is 0 Å².